The van der Waals surface area contributed by atoms with Crippen LogP contribution in [0, 0.1) is 46.1 Å². The molecule has 0 bridgehead atoms. The number of hydrogen-bond acceptors (Lipinski definition) is 2. The lowest BCUT2D eigenvalue weighted by Crippen LogP contribution is -2.50. The number of carbonyl (C=O) groups is 1. The highest BCUT2D eigenvalue weighted by atomic mass is 19.2. The van der Waals surface area contributed by atoms with E-state index in [1.807, 2.05) is 18.2 Å². The van der Waals surface area contributed by atoms with E-state index in [1.54, 1.807) is 24.3 Å². The first-order chi connectivity index (χ1) is 18.2. The van der Waals surface area contributed by atoms with Gasteiger partial charge in [-0.25, -0.2) is 8.78 Å². The van der Waals surface area contributed by atoms with Crippen LogP contribution in [0.5, 0.6) is 0 Å². The number of allylic oxidation sites excluding steroid dienone is 2. The van der Waals surface area contributed by atoms with Gasteiger partial charge in [-0.15, -0.1) is 0 Å². The van der Waals surface area contributed by atoms with Crippen LogP contribution in [0.3, 0.4) is 0 Å². The summed E-state index contributed by atoms with van der Waals surface area (Å²) in [5.74, 6) is 0.444. The van der Waals surface area contributed by atoms with Crippen molar-refractivity contribution >= 4 is 11.9 Å². The summed E-state index contributed by atoms with van der Waals surface area (Å²) >= 11 is 0. The third-order valence-corrected chi connectivity index (χ3v) is 11.0. The number of fused-ring (bicyclic) bond motifs is 5. The first-order valence-corrected chi connectivity index (χ1v) is 14.3. The molecule has 6 rings (SSSR count). The number of rotatable bonds is 4. The molecule has 7 atom stereocenters. The Morgan fingerprint density at radius 1 is 0.974 bits per heavy atom. The Balaban J connectivity index is 1.17. The summed E-state index contributed by atoms with van der Waals surface area (Å²) in [5, 5.41) is 10.3. The summed E-state index contributed by atoms with van der Waals surface area (Å²) in [4.78, 5) is 13.5. The van der Waals surface area contributed by atoms with Gasteiger partial charge in [0.05, 0.1) is 6.10 Å². The van der Waals surface area contributed by atoms with Crippen LogP contribution in [0.15, 0.2) is 60.2 Å². The molecule has 4 aliphatic rings. The predicted octanol–water partition coefficient (Wildman–Crippen LogP) is 8.15. The molecule has 3 saturated carbocycles. The predicted molar refractivity (Wildman–Crippen MR) is 147 cm³/mol. The molecule has 3 fully saturated rings. The molecule has 0 unspecified atom stereocenters. The highest BCUT2D eigenvalue weighted by Gasteiger charge is 2.59. The standard InChI is InChI=1S/C34H38F2O2/c1-33-18-16-24(37)20-23(33)11-12-26-27-13-14-29(34(27,2)19-17-28(26)33)31(38)15-8-21-6-9-22(10-7-21)25-4-3-5-30(35)32(25)36/h3-11,15,24,26-29,37H,12-14,16-20H2,1-2H3/b15-8+/t24-,26-,27-,28-,29+,33-,34-/m0/s1. The van der Waals surface area contributed by atoms with Crippen LogP contribution in [-0.2, 0) is 4.79 Å². The first kappa shape index (κ1) is 25.7. The van der Waals surface area contributed by atoms with Gasteiger partial charge in [0.1, 0.15) is 0 Å². The van der Waals surface area contributed by atoms with Crippen LogP contribution in [0.4, 0.5) is 8.78 Å². The van der Waals surface area contributed by atoms with Crippen molar-refractivity contribution in [3.63, 3.8) is 0 Å². The molecule has 2 aromatic carbocycles. The van der Waals surface area contributed by atoms with E-state index in [9.17, 15) is 18.7 Å². The highest BCUT2D eigenvalue weighted by molar-refractivity contribution is 5.96. The lowest BCUT2D eigenvalue weighted by molar-refractivity contribution is -0.124. The molecule has 2 nitrogen and oxygen atoms in total. The van der Waals surface area contributed by atoms with Crippen molar-refractivity contribution in [1.29, 1.82) is 0 Å². The molecule has 0 spiro atoms. The molecule has 0 heterocycles. The zero-order valence-corrected chi connectivity index (χ0v) is 22.4. The molecule has 200 valence electrons. The van der Waals surface area contributed by atoms with Crippen LogP contribution in [0.25, 0.3) is 17.2 Å². The molecule has 0 saturated heterocycles. The molecule has 0 aliphatic heterocycles. The maximum absolute atomic E-state index is 14.2. The van der Waals surface area contributed by atoms with Crippen molar-refractivity contribution in [2.45, 2.75) is 71.3 Å². The van der Waals surface area contributed by atoms with Crippen LogP contribution in [0.1, 0.15) is 70.8 Å². The molecule has 38 heavy (non-hydrogen) atoms. The topological polar surface area (TPSA) is 37.3 Å². The molecule has 0 amide bonds. The van der Waals surface area contributed by atoms with Crippen molar-refractivity contribution in [1.82, 2.24) is 0 Å². The van der Waals surface area contributed by atoms with Crippen LogP contribution in [0.2, 0.25) is 0 Å². The smallest absolute Gasteiger partial charge is 0.166 e. The normalized spacial score (nSPS) is 36.3. The maximum atomic E-state index is 14.2. The number of carbonyl (C=O) groups excluding carboxylic acids is 1. The summed E-state index contributed by atoms with van der Waals surface area (Å²) in [7, 11) is 0. The minimum Gasteiger partial charge on any atom is -0.393 e. The molecule has 0 radical (unpaired) electrons. The second-order valence-electron chi connectivity index (χ2n) is 12.8. The number of aliphatic hydroxyl groups is 1. The van der Waals surface area contributed by atoms with Gasteiger partial charge >= 0.3 is 0 Å². The third-order valence-electron chi connectivity index (χ3n) is 11.0. The van der Waals surface area contributed by atoms with Crippen molar-refractivity contribution in [3.8, 4) is 11.1 Å². The Hall–Kier alpha value is -2.59. The molecular formula is C34H38F2O2. The number of benzene rings is 2. The lowest BCUT2D eigenvalue weighted by atomic mass is 9.47. The fraction of sp³-hybridized carbons (Fsp3) is 0.500. The largest absolute Gasteiger partial charge is 0.393 e. The zero-order valence-electron chi connectivity index (χ0n) is 22.4. The Labute approximate surface area is 224 Å². The summed E-state index contributed by atoms with van der Waals surface area (Å²) in [6.45, 7) is 4.81. The van der Waals surface area contributed by atoms with Gasteiger partial charge in [0, 0.05) is 11.5 Å². The van der Waals surface area contributed by atoms with Gasteiger partial charge in [-0.2, -0.15) is 0 Å². The van der Waals surface area contributed by atoms with Crippen molar-refractivity contribution < 1.29 is 18.7 Å². The van der Waals surface area contributed by atoms with Gasteiger partial charge in [0.25, 0.3) is 0 Å². The zero-order chi connectivity index (χ0) is 26.7. The number of hydrogen-bond donors (Lipinski definition) is 1. The Kier molecular flexibility index (Phi) is 6.45. The molecule has 4 heteroatoms. The van der Waals surface area contributed by atoms with E-state index < -0.39 is 11.6 Å². The monoisotopic (exact) mass is 516 g/mol. The van der Waals surface area contributed by atoms with Gasteiger partial charge in [-0.1, -0.05) is 68.0 Å². The second kappa shape index (κ2) is 9.55. The average molecular weight is 517 g/mol. The van der Waals surface area contributed by atoms with Crippen molar-refractivity contribution in [3.05, 3.63) is 77.4 Å². The molecule has 1 N–H and O–H groups in total. The first-order valence-electron chi connectivity index (χ1n) is 14.3. The molecule has 0 aromatic heterocycles. The van der Waals surface area contributed by atoms with Crippen LogP contribution < -0.4 is 0 Å². The van der Waals surface area contributed by atoms with Gasteiger partial charge in [-0.05, 0) is 103 Å². The fourth-order valence-corrected chi connectivity index (χ4v) is 8.90. The molecule has 4 aliphatic carbocycles. The third kappa shape index (κ3) is 4.11. The molecular weight excluding hydrogens is 478 g/mol. The minimum atomic E-state index is -0.856. The Bertz CT molecular complexity index is 1290. The highest BCUT2D eigenvalue weighted by Crippen LogP contribution is 2.66. The second-order valence-corrected chi connectivity index (χ2v) is 12.8. The minimum absolute atomic E-state index is 0.0389. The van der Waals surface area contributed by atoms with E-state index in [-0.39, 0.29) is 34.2 Å². The van der Waals surface area contributed by atoms with Crippen molar-refractivity contribution in [2.24, 2.45) is 34.5 Å². The van der Waals surface area contributed by atoms with E-state index in [0.717, 1.165) is 56.6 Å². The number of ketones is 1. The van der Waals surface area contributed by atoms with E-state index in [0.29, 0.717) is 23.3 Å². The summed E-state index contributed by atoms with van der Waals surface area (Å²) < 4.78 is 27.8. The van der Waals surface area contributed by atoms with Crippen LogP contribution in [-0.4, -0.2) is 17.0 Å². The Morgan fingerprint density at radius 2 is 1.76 bits per heavy atom. The summed E-state index contributed by atoms with van der Waals surface area (Å²) in [5.41, 5.74) is 3.46. The van der Waals surface area contributed by atoms with Gasteiger partial charge in [-0.3, -0.25) is 4.79 Å². The SMILES string of the molecule is C[C@]12CC[C@H]3[C@@H](CC=C4C[C@@H](O)CC[C@@]43C)[C@@H]1CC[C@@H]2C(=O)/C=C/c1ccc(-c2cccc(F)c2F)cc1. The average Bonchev–Trinajstić information content (AvgIpc) is 3.27. The number of halogens is 2. The van der Waals surface area contributed by atoms with E-state index in [4.69, 9.17) is 0 Å². The quantitative estimate of drug-likeness (QED) is 0.329. The van der Waals surface area contributed by atoms with E-state index in [1.165, 1.54) is 18.1 Å². The molecule has 2 aromatic rings. The Morgan fingerprint density at radius 3 is 2.55 bits per heavy atom. The summed E-state index contributed by atoms with van der Waals surface area (Å²) in [6.07, 6.45) is 14.1. The van der Waals surface area contributed by atoms with Crippen molar-refractivity contribution in [2.75, 3.05) is 0 Å². The van der Waals surface area contributed by atoms with E-state index >= 15 is 0 Å². The maximum Gasteiger partial charge on any atom is 0.166 e. The van der Waals surface area contributed by atoms with Gasteiger partial charge in [0.2, 0.25) is 0 Å². The van der Waals surface area contributed by atoms with Gasteiger partial charge < -0.3 is 5.11 Å². The lowest BCUT2D eigenvalue weighted by Gasteiger charge is -2.57. The van der Waals surface area contributed by atoms with Gasteiger partial charge in [0.15, 0.2) is 17.4 Å². The van der Waals surface area contributed by atoms with Crippen LogP contribution >= 0.6 is 0 Å². The van der Waals surface area contributed by atoms with E-state index in [2.05, 4.69) is 19.9 Å². The summed E-state index contributed by atoms with van der Waals surface area (Å²) in [6, 6.07) is 11.4. The fourth-order valence-electron chi connectivity index (χ4n) is 8.90. The number of aliphatic hydroxyl groups excluding tert-OH is 1.